The molecule has 1 saturated carbocycles. The van der Waals surface area contributed by atoms with Gasteiger partial charge in [-0.25, -0.2) is 0 Å². The van der Waals surface area contributed by atoms with E-state index < -0.39 is 0 Å². The van der Waals surface area contributed by atoms with E-state index in [1.807, 2.05) is 0 Å². The third-order valence-corrected chi connectivity index (χ3v) is 5.17. The molecule has 19 heavy (non-hydrogen) atoms. The summed E-state index contributed by atoms with van der Waals surface area (Å²) in [5, 5.41) is 6.85. The number of rotatable bonds is 4. The van der Waals surface area contributed by atoms with E-state index in [4.69, 9.17) is 0 Å². The summed E-state index contributed by atoms with van der Waals surface area (Å²) in [6, 6.07) is 0.352. The van der Waals surface area contributed by atoms with Crippen LogP contribution in [-0.4, -0.2) is 24.0 Å². The summed E-state index contributed by atoms with van der Waals surface area (Å²) in [5.41, 5.74) is -0.0256. The van der Waals surface area contributed by atoms with Crippen molar-refractivity contribution in [1.29, 1.82) is 0 Å². The van der Waals surface area contributed by atoms with Gasteiger partial charge in [0.05, 0.1) is 5.54 Å². The summed E-state index contributed by atoms with van der Waals surface area (Å²) >= 11 is 0. The van der Waals surface area contributed by atoms with Crippen molar-refractivity contribution >= 4 is 5.91 Å². The molecule has 2 fully saturated rings. The minimum absolute atomic E-state index is 0.250. The summed E-state index contributed by atoms with van der Waals surface area (Å²) in [7, 11) is 0. The SMILES string of the molecule is CCCC1(C(=O)NC2CCCCC2(C)C)CCCN1. The van der Waals surface area contributed by atoms with Gasteiger partial charge in [0.1, 0.15) is 0 Å². The van der Waals surface area contributed by atoms with Crippen LogP contribution in [0.1, 0.15) is 72.1 Å². The Morgan fingerprint density at radius 1 is 1.26 bits per heavy atom. The Labute approximate surface area is 117 Å². The Morgan fingerprint density at radius 3 is 2.63 bits per heavy atom. The third kappa shape index (κ3) is 3.13. The van der Waals surface area contributed by atoms with Gasteiger partial charge < -0.3 is 10.6 Å². The van der Waals surface area contributed by atoms with Crippen molar-refractivity contribution in [3.05, 3.63) is 0 Å². The first-order chi connectivity index (χ1) is 9.00. The van der Waals surface area contributed by atoms with Gasteiger partial charge in [0.25, 0.3) is 0 Å². The lowest BCUT2D eigenvalue weighted by Crippen LogP contribution is -2.58. The largest absolute Gasteiger partial charge is 0.351 e. The molecule has 2 atom stereocenters. The zero-order valence-electron chi connectivity index (χ0n) is 12.8. The van der Waals surface area contributed by atoms with E-state index in [9.17, 15) is 4.79 Å². The average molecular weight is 266 g/mol. The zero-order valence-corrected chi connectivity index (χ0v) is 12.8. The van der Waals surface area contributed by atoms with E-state index in [2.05, 4.69) is 31.4 Å². The molecule has 110 valence electrons. The van der Waals surface area contributed by atoms with Crippen LogP contribution >= 0.6 is 0 Å². The molecule has 0 radical (unpaired) electrons. The van der Waals surface area contributed by atoms with Crippen molar-refractivity contribution in [2.24, 2.45) is 5.41 Å². The number of amides is 1. The van der Waals surface area contributed by atoms with E-state index in [0.29, 0.717) is 6.04 Å². The Bertz CT molecular complexity index is 319. The van der Waals surface area contributed by atoms with E-state index in [1.165, 1.54) is 19.3 Å². The van der Waals surface area contributed by atoms with Crippen LogP contribution in [0.4, 0.5) is 0 Å². The Balaban J connectivity index is 2.02. The van der Waals surface area contributed by atoms with E-state index >= 15 is 0 Å². The Morgan fingerprint density at radius 2 is 2.05 bits per heavy atom. The highest BCUT2D eigenvalue weighted by Crippen LogP contribution is 2.36. The van der Waals surface area contributed by atoms with Gasteiger partial charge in [-0.2, -0.15) is 0 Å². The van der Waals surface area contributed by atoms with Crippen molar-refractivity contribution in [3.8, 4) is 0 Å². The van der Waals surface area contributed by atoms with Gasteiger partial charge in [0.2, 0.25) is 5.91 Å². The Kier molecular flexibility index (Phi) is 4.54. The molecule has 0 aromatic heterocycles. The molecule has 1 saturated heterocycles. The highest BCUT2D eigenvalue weighted by molar-refractivity contribution is 5.87. The van der Waals surface area contributed by atoms with Crippen LogP contribution in [0.25, 0.3) is 0 Å². The second-order valence-corrected chi connectivity index (χ2v) is 7.12. The van der Waals surface area contributed by atoms with Crippen molar-refractivity contribution in [1.82, 2.24) is 10.6 Å². The number of hydrogen-bond donors (Lipinski definition) is 2. The quantitative estimate of drug-likeness (QED) is 0.821. The first-order valence-electron chi connectivity index (χ1n) is 8.06. The van der Waals surface area contributed by atoms with Gasteiger partial charge in [-0.15, -0.1) is 0 Å². The smallest absolute Gasteiger partial charge is 0.240 e. The van der Waals surface area contributed by atoms with Crippen LogP contribution in [0.15, 0.2) is 0 Å². The summed E-state index contributed by atoms with van der Waals surface area (Å²) in [6.45, 7) is 7.75. The molecule has 0 bridgehead atoms. The molecule has 1 amide bonds. The number of nitrogens with one attached hydrogen (secondary N) is 2. The van der Waals surface area contributed by atoms with Gasteiger partial charge in [0.15, 0.2) is 0 Å². The van der Waals surface area contributed by atoms with E-state index in [0.717, 1.165) is 38.6 Å². The van der Waals surface area contributed by atoms with Gasteiger partial charge >= 0.3 is 0 Å². The fraction of sp³-hybridized carbons (Fsp3) is 0.938. The first-order valence-corrected chi connectivity index (χ1v) is 8.06. The molecule has 2 rings (SSSR count). The zero-order chi connectivity index (χ0) is 13.9. The predicted octanol–water partition coefficient (Wildman–Crippen LogP) is 2.99. The number of carbonyl (C=O) groups is 1. The molecule has 0 spiro atoms. The minimum Gasteiger partial charge on any atom is -0.351 e. The monoisotopic (exact) mass is 266 g/mol. The maximum absolute atomic E-state index is 12.7. The second-order valence-electron chi connectivity index (χ2n) is 7.12. The molecule has 2 aliphatic rings. The highest BCUT2D eigenvalue weighted by atomic mass is 16.2. The van der Waals surface area contributed by atoms with E-state index in [1.54, 1.807) is 0 Å². The average Bonchev–Trinajstić information content (AvgIpc) is 2.82. The molecule has 3 nitrogen and oxygen atoms in total. The van der Waals surface area contributed by atoms with Crippen LogP contribution in [0.3, 0.4) is 0 Å². The van der Waals surface area contributed by atoms with Gasteiger partial charge in [-0.05, 0) is 44.1 Å². The number of hydrogen-bond acceptors (Lipinski definition) is 2. The van der Waals surface area contributed by atoms with Crippen molar-refractivity contribution in [3.63, 3.8) is 0 Å². The van der Waals surface area contributed by atoms with Crippen molar-refractivity contribution < 1.29 is 4.79 Å². The molecule has 0 aromatic carbocycles. The lowest BCUT2D eigenvalue weighted by Gasteiger charge is -2.41. The van der Waals surface area contributed by atoms with E-state index in [-0.39, 0.29) is 16.9 Å². The fourth-order valence-corrected chi connectivity index (χ4v) is 3.81. The molecular weight excluding hydrogens is 236 g/mol. The molecule has 2 unspecified atom stereocenters. The van der Waals surface area contributed by atoms with Gasteiger partial charge in [-0.1, -0.05) is 40.0 Å². The fourth-order valence-electron chi connectivity index (χ4n) is 3.81. The maximum atomic E-state index is 12.7. The van der Waals surface area contributed by atoms with Crippen molar-refractivity contribution in [2.75, 3.05) is 6.54 Å². The Hall–Kier alpha value is -0.570. The molecule has 1 aliphatic carbocycles. The van der Waals surface area contributed by atoms with Crippen LogP contribution in [-0.2, 0) is 4.79 Å². The normalized spacial score (nSPS) is 34.2. The first kappa shape index (κ1) is 14.8. The van der Waals surface area contributed by atoms with Crippen molar-refractivity contribution in [2.45, 2.75) is 83.7 Å². The lowest BCUT2D eigenvalue weighted by atomic mass is 9.73. The predicted molar refractivity (Wildman–Crippen MR) is 79.1 cm³/mol. The maximum Gasteiger partial charge on any atom is 0.240 e. The molecule has 2 N–H and O–H groups in total. The third-order valence-electron chi connectivity index (χ3n) is 5.17. The minimum atomic E-state index is -0.276. The molecule has 1 heterocycles. The topological polar surface area (TPSA) is 41.1 Å². The molecule has 1 aliphatic heterocycles. The lowest BCUT2D eigenvalue weighted by molar-refractivity contribution is -0.129. The van der Waals surface area contributed by atoms with Crippen LogP contribution in [0.5, 0.6) is 0 Å². The second kappa shape index (κ2) is 5.82. The number of carbonyl (C=O) groups excluding carboxylic acids is 1. The molecule has 0 aromatic rings. The van der Waals surface area contributed by atoms with Gasteiger partial charge in [-0.3, -0.25) is 4.79 Å². The molecule has 3 heteroatoms. The van der Waals surface area contributed by atoms with Crippen LogP contribution in [0.2, 0.25) is 0 Å². The van der Waals surface area contributed by atoms with Crippen LogP contribution < -0.4 is 10.6 Å². The summed E-state index contributed by atoms with van der Waals surface area (Å²) < 4.78 is 0. The standard InChI is InChI=1S/C16H30N2O/c1-4-9-16(11-7-12-17-16)14(19)18-13-8-5-6-10-15(13,2)3/h13,17H,4-12H2,1-3H3,(H,18,19). The summed E-state index contributed by atoms with van der Waals surface area (Å²) in [5.74, 6) is 0.256. The summed E-state index contributed by atoms with van der Waals surface area (Å²) in [6.07, 6.45) is 9.08. The summed E-state index contributed by atoms with van der Waals surface area (Å²) in [4.78, 5) is 12.7. The van der Waals surface area contributed by atoms with Gasteiger partial charge in [0, 0.05) is 6.04 Å². The van der Waals surface area contributed by atoms with Crippen LogP contribution in [0, 0.1) is 5.41 Å². The highest BCUT2D eigenvalue weighted by Gasteiger charge is 2.42. The molecular formula is C16H30N2O.